The van der Waals surface area contributed by atoms with Crippen LogP contribution in [0, 0.1) is 17.1 Å². The molecular weight excluding hydrogens is 455 g/mol. The largest absolute Gasteiger partial charge is 0.354 e. The summed E-state index contributed by atoms with van der Waals surface area (Å²) in [4.78, 5) is 17.0. The van der Waals surface area contributed by atoms with Gasteiger partial charge in [-0.2, -0.15) is 5.26 Å². The van der Waals surface area contributed by atoms with Gasteiger partial charge in [-0.3, -0.25) is 9.79 Å². The molecule has 0 aromatic heterocycles. The minimum absolute atomic E-state index is 0.176. The average Bonchev–Trinajstić information content (AvgIpc) is 3.75. The zero-order chi connectivity index (χ0) is 23.9. The molecule has 0 bridgehead atoms. The molecule has 0 atom stereocenters. The molecule has 2 aliphatic carbocycles. The van der Waals surface area contributed by atoms with Gasteiger partial charge in [0.2, 0.25) is 0 Å². The fourth-order valence-corrected chi connectivity index (χ4v) is 4.22. The Balaban J connectivity index is 1.41. The predicted molar refractivity (Wildman–Crippen MR) is 131 cm³/mol. The van der Waals surface area contributed by atoms with Crippen molar-refractivity contribution in [3.05, 3.63) is 64.4 Å². The molecule has 0 saturated heterocycles. The third kappa shape index (κ3) is 4.44. The van der Waals surface area contributed by atoms with Crippen LogP contribution in [0.15, 0.2) is 41.9 Å². The highest BCUT2D eigenvalue weighted by atomic mass is 35.5. The molecule has 2 saturated carbocycles. The maximum Gasteiger partial charge on any atom is 0.254 e. The lowest BCUT2D eigenvalue weighted by atomic mass is 10.0. The topological polar surface area (TPSA) is 101 Å². The average molecular weight is 479 g/mol. The number of carbonyl (C=O) groups is 1. The van der Waals surface area contributed by atoms with Crippen molar-refractivity contribution in [1.82, 2.24) is 16.0 Å². The van der Waals surface area contributed by atoms with Gasteiger partial charge in [0.25, 0.3) is 5.91 Å². The first-order valence-electron chi connectivity index (χ1n) is 11.3. The second-order valence-corrected chi connectivity index (χ2v) is 9.28. The number of hydrogen-bond donors (Lipinski definition) is 4. The minimum atomic E-state index is -0.805. The van der Waals surface area contributed by atoms with Gasteiger partial charge in [-0.15, -0.1) is 0 Å². The Morgan fingerprint density at radius 3 is 2.76 bits per heavy atom. The predicted octanol–water partition coefficient (Wildman–Crippen LogP) is 4.41. The fraction of sp³-hybridized carbons (Fsp3) is 0.320. The van der Waals surface area contributed by atoms with E-state index in [1.165, 1.54) is 6.07 Å². The summed E-state index contributed by atoms with van der Waals surface area (Å²) in [5, 5.41) is 21.5. The molecule has 2 aromatic carbocycles. The van der Waals surface area contributed by atoms with Crippen molar-refractivity contribution in [2.75, 3.05) is 18.4 Å². The lowest BCUT2D eigenvalue weighted by Gasteiger charge is -2.18. The van der Waals surface area contributed by atoms with Gasteiger partial charge >= 0.3 is 0 Å². The summed E-state index contributed by atoms with van der Waals surface area (Å²) in [5.41, 5.74) is 2.24. The van der Waals surface area contributed by atoms with Gasteiger partial charge in [-0.05, 0) is 61.4 Å². The molecular formula is C25H24ClFN6O. The van der Waals surface area contributed by atoms with Gasteiger partial charge < -0.3 is 21.3 Å². The highest BCUT2D eigenvalue weighted by Crippen LogP contribution is 2.46. The van der Waals surface area contributed by atoms with E-state index < -0.39 is 17.3 Å². The molecule has 1 aliphatic heterocycles. The van der Waals surface area contributed by atoms with E-state index in [2.05, 4.69) is 38.9 Å². The molecule has 9 heteroatoms. The molecule has 0 unspecified atom stereocenters. The van der Waals surface area contributed by atoms with E-state index in [4.69, 9.17) is 11.6 Å². The number of hydrogen-bond acceptors (Lipinski definition) is 6. The van der Waals surface area contributed by atoms with Crippen molar-refractivity contribution >= 4 is 40.5 Å². The maximum absolute atomic E-state index is 15.4. The Bertz CT molecular complexity index is 1260. The quantitative estimate of drug-likeness (QED) is 0.472. The number of halogens is 2. The molecule has 1 heterocycles. The minimum Gasteiger partial charge on any atom is -0.354 e. The van der Waals surface area contributed by atoms with Gasteiger partial charge in [0.05, 0.1) is 34.6 Å². The summed E-state index contributed by atoms with van der Waals surface area (Å²) in [6.07, 6.45) is 3.18. The van der Waals surface area contributed by atoms with E-state index in [1.807, 2.05) is 6.07 Å². The van der Waals surface area contributed by atoms with Crippen LogP contribution in [0.4, 0.5) is 15.8 Å². The Morgan fingerprint density at radius 1 is 1.32 bits per heavy atom. The Morgan fingerprint density at radius 2 is 2.12 bits per heavy atom. The van der Waals surface area contributed by atoms with Crippen LogP contribution < -0.4 is 21.3 Å². The monoisotopic (exact) mass is 478 g/mol. The second-order valence-electron chi connectivity index (χ2n) is 8.90. The molecule has 34 heavy (non-hydrogen) atoms. The zero-order valence-electron chi connectivity index (χ0n) is 18.5. The van der Waals surface area contributed by atoms with Gasteiger partial charge in [0.15, 0.2) is 5.96 Å². The third-order valence-electron chi connectivity index (χ3n) is 6.25. The smallest absolute Gasteiger partial charge is 0.254 e. The Kier molecular flexibility index (Phi) is 5.66. The van der Waals surface area contributed by atoms with Crippen molar-refractivity contribution < 1.29 is 9.18 Å². The SMILES string of the molecule is C=C(NC1=NCCN1)c1cc(F)c(Nc2cccc(C(=O)NC3(C#N)CC3)c2Cl)c(C2CC2)c1. The van der Waals surface area contributed by atoms with Crippen LogP contribution in [0.3, 0.4) is 0 Å². The van der Waals surface area contributed by atoms with Crippen LogP contribution in [-0.2, 0) is 0 Å². The van der Waals surface area contributed by atoms with E-state index >= 15 is 4.39 Å². The first-order valence-corrected chi connectivity index (χ1v) is 11.6. The standard InChI is InChI=1S/C25H24ClFN6O/c1-14(31-24-29-9-10-30-24)16-11-18(15-5-6-15)22(19(27)12-16)32-20-4-2-3-17(21(20)26)23(34)33-25(13-28)7-8-25/h2-4,11-12,15,32H,1,5-10H2,(H,33,34)(H2,29,30,31). The van der Waals surface area contributed by atoms with E-state index in [-0.39, 0.29) is 16.5 Å². The summed E-state index contributed by atoms with van der Waals surface area (Å²) >= 11 is 6.55. The van der Waals surface area contributed by atoms with E-state index in [9.17, 15) is 10.1 Å². The lowest BCUT2D eigenvalue weighted by molar-refractivity contribution is 0.0942. The molecule has 5 rings (SSSR count). The van der Waals surface area contributed by atoms with Crippen molar-refractivity contribution in [3.63, 3.8) is 0 Å². The number of benzene rings is 2. The van der Waals surface area contributed by atoms with Crippen LogP contribution >= 0.6 is 11.6 Å². The molecule has 7 nitrogen and oxygen atoms in total. The molecule has 2 aromatic rings. The van der Waals surface area contributed by atoms with Crippen LogP contribution in [0.2, 0.25) is 5.02 Å². The molecule has 0 spiro atoms. The summed E-state index contributed by atoms with van der Waals surface area (Å²) < 4.78 is 15.4. The summed E-state index contributed by atoms with van der Waals surface area (Å²) in [7, 11) is 0. The van der Waals surface area contributed by atoms with E-state index in [0.29, 0.717) is 48.0 Å². The highest BCUT2D eigenvalue weighted by molar-refractivity contribution is 6.36. The molecule has 1 amide bonds. The summed E-state index contributed by atoms with van der Waals surface area (Å²) in [6.45, 7) is 5.49. The Labute approximate surface area is 202 Å². The normalized spacial score (nSPS) is 17.7. The van der Waals surface area contributed by atoms with Gasteiger partial charge in [0, 0.05) is 17.8 Å². The molecule has 2 fully saturated rings. The Hall–Kier alpha value is -3.57. The third-order valence-corrected chi connectivity index (χ3v) is 6.66. The number of guanidine groups is 1. The van der Waals surface area contributed by atoms with Crippen molar-refractivity contribution in [1.29, 1.82) is 5.26 Å². The van der Waals surface area contributed by atoms with Crippen LogP contribution in [0.1, 0.15) is 53.1 Å². The molecule has 0 radical (unpaired) electrons. The van der Waals surface area contributed by atoms with E-state index in [1.54, 1.807) is 18.2 Å². The molecule has 174 valence electrons. The number of carbonyl (C=O) groups excluding carboxylic acids is 1. The number of rotatable bonds is 7. The van der Waals surface area contributed by atoms with Crippen molar-refractivity contribution in [2.24, 2.45) is 4.99 Å². The number of anilines is 2. The van der Waals surface area contributed by atoms with Crippen LogP contribution in [0.25, 0.3) is 5.70 Å². The fourth-order valence-electron chi connectivity index (χ4n) is 3.96. The van der Waals surface area contributed by atoms with Crippen LogP contribution in [0.5, 0.6) is 0 Å². The first kappa shape index (κ1) is 22.2. The lowest BCUT2D eigenvalue weighted by Crippen LogP contribution is -2.35. The van der Waals surface area contributed by atoms with Crippen molar-refractivity contribution in [3.8, 4) is 6.07 Å². The molecule has 3 aliphatic rings. The summed E-state index contributed by atoms with van der Waals surface area (Å²) in [6, 6.07) is 10.5. The number of amides is 1. The summed E-state index contributed by atoms with van der Waals surface area (Å²) in [5.74, 6) is 0.0156. The van der Waals surface area contributed by atoms with Gasteiger partial charge in [0.1, 0.15) is 11.4 Å². The number of aliphatic imine (C=N–C) groups is 1. The second kappa shape index (κ2) is 8.65. The van der Waals surface area contributed by atoms with Crippen molar-refractivity contribution in [2.45, 2.75) is 37.1 Å². The van der Waals surface area contributed by atoms with Gasteiger partial charge in [-0.25, -0.2) is 4.39 Å². The van der Waals surface area contributed by atoms with Gasteiger partial charge in [-0.1, -0.05) is 24.2 Å². The van der Waals surface area contributed by atoms with E-state index in [0.717, 1.165) is 24.9 Å². The maximum atomic E-state index is 15.4. The molecule has 4 N–H and O–H groups in total. The zero-order valence-corrected chi connectivity index (χ0v) is 19.2. The number of nitrogens with zero attached hydrogens (tertiary/aromatic N) is 2. The highest BCUT2D eigenvalue weighted by Gasteiger charge is 2.45. The van der Waals surface area contributed by atoms with Crippen LogP contribution in [-0.4, -0.2) is 30.5 Å². The number of nitrogens with one attached hydrogen (secondary N) is 4. The first-order chi connectivity index (χ1) is 16.4. The number of nitriles is 1.